The van der Waals surface area contributed by atoms with Crippen LogP contribution in [0.1, 0.15) is 23.7 Å². The molecular formula is C19H26ClIN4. The van der Waals surface area contributed by atoms with Gasteiger partial charge in [0.1, 0.15) is 0 Å². The van der Waals surface area contributed by atoms with Crippen LogP contribution in [0.2, 0.25) is 5.02 Å². The average molecular weight is 473 g/mol. The smallest absolute Gasteiger partial charge is 0.193 e. The molecule has 0 aliphatic rings. The van der Waals surface area contributed by atoms with Crippen molar-refractivity contribution < 1.29 is 0 Å². The van der Waals surface area contributed by atoms with Gasteiger partial charge < -0.3 is 10.2 Å². The van der Waals surface area contributed by atoms with E-state index in [9.17, 15) is 0 Å². The maximum Gasteiger partial charge on any atom is 0.193 e. The Bertz CT molecular complexity index is 673. The molecule has 2 rings (SSSR count). The van der Waals surface area contributed by atoms with Gasteiger partial charge in [0.05, 0.1) is 0 Å². The first-order chi connectivity index (χ1) is 11.6. The van der Waals surface area contributed by atoms with E-state index in [2.05, 4.69) is 28.2 Å². The maximum atomic E-state index is 6.25. The lowest BCUT2D eigenvalue weighted by molar-refractivity contribution is 0.477. The minimum absolute atomic E-state index is 0. The van der Waals surface area contributed by atoms with Gasteiger partial charge in [-0.25, -0.2) is 0 Å². The molecule has 1 N–H and O–H groups in total. The molecule has 0 atom stereocenters. The van der Waals surface area contributed by atoms with Gasteiger partial charge in [0.2, 0.25) is 0 Å². The third-order valence-corrected chi connectivity index (χ3v) is 4.07. The molecule has 0 spiro atoms. The highest BCUT2D eigenvalue weighted by atomic mass is 127. The van der Waals surface area contributed by atoms with Crippen LogP contribution in [-0.4, -0.2) is 36.0 Å². The van der Waals surface area contributed by atoms with Crippen LogP contribution in [-0.2, 0) is 13.0 Å². The topological polar surface area (TPSA) is 40.5 Å². The molecule has 0 saturated heterocycles. The molecule has 0 radical (unpaired) electrons. The summed E-state index contributed by atoms with van der Waals surface area (Å²) in [6.45, 7) is 6.34. The molecule has 0 aliphatic carbocycles. The van der Waals surface area contributed by atoms with Crippen LogP contribution >= 0.6 is 35.6 Å². The fourth-order valence-electron chi connectivity index (χ4n) is 2.36. The summed E-state index contributed by atoms with van der Waals surface area (Å²) in [7, 11) is 2.03. The fourth-order valence-corrected chi connectivity index (χ4v) is 2.56. The zero-order chi connectivity index (χ0) is 17.4. The second kappa shape index (κ2) is 11.3. The number of halogens is 2. The summed E-state index contributed by atoms with van der Waals surface area (Å²) in [4.78, 5) is 11.1. The number of nitrogens with one attached hydrogen (secondary N) is 1. The Hall–Kier alpha value is -1.34. The van der Waals surface area contributed by atoms with Gasteiger partial charge in [0, 0.05) is 43.6 Å². The van der Waals surface area contributed by atoms with Gasteiger partial charge in [-0.3, -0.25) is 9.98 Å². The maximum absolute atomic E-state index is 6.25. The number of aryl methyl sites for hydroxylation is 1. The van der Waals surface area contributed by atoms with Gasteiger partial charge in [-0.1, -0.05) is 35.9 Å². The van der Waals surface area contributed by atoms with Crippen LogP contribution < -0.4 is 5.32 Å². The average Bonchev–Trinajstić information content (AvgIpc) is 2.58. The predicted molar refractivity (Wildman–Crippen MR) is 117 cm³/mol. The van der Waals surface area contributed by atoms with E-state index < -0.39 is 0 Å². The quantitative estimate of drug-likeness (QED) is 0.387. The van der Waals surface area contributed by atoms with Gasteiger partial charge in [-0.2, -0.15) is 0 Å². The van der Waals surface area contributed by atoms with Gasteiger partial charge in [-0.15, -0.1) is 24.0 Å². The third-order valence-electron chi connectivity index (χ3n) is 3.70. The lowest BCUT2D eigenvalue weighted by Gasteiger charge is -2.22. The Balaban J connectivity index is 0.00000312. The van der Waals surface area contributed by atoms with Crippen LogP contribution in [0.25, 0.3) is 0 Å². The molecule has 25 heavy (non-hydrogen) atoms. The summed E-state index contributed by atoms with van der Waals surface area (Å²) in [5.74, 6) is 0.887. The van der Waals surface area contributed by atoms with Gasteiger partial charge >= 0.3 is 0 Å². The van der Waals surface area contributed by atoms with Gasteiger partial charge in [0.25, 0.3) is 0 Å². The highest BCUT2D eigenvalue weighted by Gasteiger charge is 2.08. The van der Waals surface area contributed by atoms with Gasteiger partial charge in [0.15, 0.2) is 5.96 Å². The van der Waals surface area contributed by atoms with Crippen molar-refractivity contribution in [3.8, 4) is 0 Å². The summed E-state index contributed by atoms with van der Waals surface area (Å²) in [5, 5.41) is 4.12. The first kappa shape index (κ1) is 21.7. The van der Waals surface area contributed by atoms with Crippen molar-refractivity contribution in [2.45, 2.75) is 26.8 Å². The van der Waals surface area contributed by atoms with Crippen molar-refractivity contribution in [1.29, 1.82) is 0 Å². The van der Waals surface area contributed by atoms with Gasteiger partial charge in [-0.05, 0) is 43.5 Å². The Labute approximate surface area is 172 Å². The van der Waals surface area contributed by atoms with Crippen LogP contribution in [0, 0.1) is 6.92 Å². The van der Waals surface area contributed by atoms with Crippen molar-refractivity contribution in [1.82, 2.24) is 15.2 Å². The summed E-state index contributed by atoms with van der Waals surface area (Å²) < 4.78 is 0. The molecule has 0 amide bonds. The van der Waals surface area contributed by atoms with Crippen LogP contribution in [0.4, 0.5) is 0 Å². The van der Waals surface area contributed by atoms with E-state index in [0.717, 1.165) is 48.3 Å². The van der Waals surface area contributed by atoms with E-state index >= 15 is 0 Å². The van der Waals surface area contributed by atoms with E-state index in [1.807, 2.05) is 50.5 Å². The minimum atomic E-state index is 0. The Morgan fingerprint density at radius 3 is 2.64 bits per heavy atom. The number of hydrogen-bond donors (Lipinski definition) is 1. The molecule has 2 aromatic rings. The zero-order valence-electron chi connectivity index (χ0n) is 15.0. The first-order valence-corrected chi connectivity index (χ1v) is 8.62. The first-order valence-electron chi connectivity index (χ1n) is 8.24. The summed E-state index contributed by atoms with van der Waals surface area (Å²) in [6, 6.07) is 12.1. The van der Waals surface area contributed by atoms with E-state index in [-0.39, 0.29) is 24.0 Å². The number of aromatic nitrogens is 1. The second-order valence-electron chi connectivity index (χ2n) is 5.74. The minimum Gasteiger partial charge on any atom is -0.357 e. The Morgan fingerprint density at radius 1 is 1.24 bits per heavy atom. The van der Waals surface area contributed by atoms with Crippen LogP contribution in [0.3, 0.4) is 0 Å². The summed E-state index contributed by atoms with van der Waals surface area (Å²) in [6.07, 6.45) is 2.80. The fraction of sp³-hybridized carbons (Fsp3) is 0.368. The number of aliphatic imine (C=N–C) groups is 1. The summed E-state index contributed by atoms with van der Waals surface area (Å²) >= 11 is 6.25. The predicted octanol–water partition coefficient (Wildman–Crippen LogP) is 4.30. The molecule has 1 aromatic carbocycles. The van der Waals surface area contributed by atoms with E-state index in [1.54, 1.807) is 0 Å². The highest BCUT2D eigenvalue weighted by Crippen LogP contribution is 2.16. The molecule has 0 unspecified atom stereocenters. The number of hydrogen-bond acceptors (Lipinski definition) is 2. The molecule has 0 bridgehead atoms. The monoisotopic (exact) mass is 472 g/mol. The van der Waals surface area contributed by atoms with Crippen molar-refractivity contribution in [3.63, 3.8) is 0 Å². The number of pyridine rings is 1. The number of benzene rings is 1. The number of nitrogens with zero attached hydrogens (tertiary/aromatic N) is 3. The molecule has 1 heterocycles. The van der Waals surface area contributed by atoms with Crippen molar-refractivity contribution in [3.05, 3.63) is 64.4 Å². The molecular weight excluding hydrogens is 447 g/mol. The highest BCUT2D eigenvalue weighted by molar-refractivity contribution is 14.0. The molecule has 136 valence electrons. The largest absolute Gasteiger partial charge is 0.357 e. The second-order valence-corrected chi connectivity index (χ2v) is 6.15. The SMILES string of the molecule is CCNC(=NCCc1ccc(C)nc1)N(C)Cc1ccccc1Cl.I. The van der Waals surface area contributed by atoms with E-state index in [0.29, 0.717) is 0 Å². The lowest BCUT2D eigenvalue weighted by atomic mass is 10.2. The zero-order valence-corrected chi connectivity index (χ0v) is 18.1. The summed E-state index contributed by atoms with van der Waals surface area (Å²) in [5.41, 5.74) is 3.33. The normalized spacial score (nSPS) is 11.0. The Morgan fingerprint density at radius 2 is 2.00 bits per heavy atom. The van der Waals surface area contributed by atoms with Crippen molar-refractivity contribution in [2.24, 2.45) is 4.99 Å². The van der Waals surface area contributed by atoms with Crippen LogP contribution in [0.15, 0.2) is 47.6 Å². The van der Waals surface area contributed by atoms with E-state index in [4.69, 9.17) is 16.6 Å². The standard InChI is InChI=1S/C19H25ClN4.HI/c1-4-21-19(22-12-11-16-10-9-15(2)23-13-16)24(3)14-17-7-5-6-8-18(17)20;/h5-10,13H,4,11-12,14H2,1-3H3,(H,21,22);1H. The molecule has 1 aromatic heterocycles. The van der Waals surface area contributed by atoms with Crippen molar-refractivity contribution in [2.75, 3.05) is 20.1 Å². The lowest BCUT2D eigenvalue weighted by Crippen LogP contribution is -2.38. The number of guanidine groups is 1. The molecule has 0 saturated carbocycles. The Kier molecular flexibility index (Phi) is 9.82. The number of rotatable bonds is 6. The van der Waals surface area contributed by atoms with E-state index in [1.165, 1.54) is 5.56 Å². The molecule has 0 fully saturated rings. The molecule has 0 aliphatic heterocycles. The third kappa shape index (κ3) is 7.20. The molecule has 6 heteroatoms. The van der Waals surface area contributed by atoms with Crippen LogP contribution in [0.5, 0.6) is 0 Å². The van der Waals surface area contributed by atoms with Crippen molar-refractivity contribution >= 4 is 41.5 Å². The molecule has 4 nitrogen and oxygen atoms in total.